The first-order valence-corrected chi connectivity index (χ1v) is 9.37. The molecule has 0 radical (unpaired) electrons. The average Bonchev–Trinajstić information content (AvgIpc) is 2.69. The summed E-state index contributed by atoms with van der Waals surface area (Å²) in [5.74, 6) is -0.256. The van der Waals surface area contributed by atoms with Gasteiger partial charge < -0.3 is 10.6 Å². The lowest BCUT2D eigenvalue weighted by Gasteiger charge is -2.33. The molecule has 3 N–H and O–H groups in total. The van der Waals surface area contributed by atoms with Gasteiger partial charge in [-0.3, -0.25) is 19.7 Å². The topological polar surface area (TPSA) is 110 Å². The first-order chi connectivity index (χ1) is 13.1. The van der Waals surface area contributed by atoms with Crippen LogP contribution < -0.4 is 21.5 Å². The second-order valence-electron chi connectivity index (χ2n) is 7.27. The minimum Gasteiger partial charge on any atom is -0.371 e. The van der Waals surface area contributed by atoms with Crippen molar-refractivity contribution in [2.45, 2.75) is 31.7 Å². The van der Waals surface area contributed by atoms with Crippen molar-refractivity contribution in [3.63, 3.8) is 0 Å². The number of nitrogens with zero attached hydrogens (tertiary/aromatic N) is 3. The first-order valence-electron chi connectivity index (χ1n) is 9.37. The van der Waals surface area contributed by atoms with E-state index in [9.17, 15) is 14.4 Å². The van der Waals surface area contributed by atoms with E-state index in [2.05, 4.69) is 15.3 Å². The molecule has 8 heteroatoms. The Balaban J connectivity index is 1.75. The summed E-state index contributed by atoms with van der Waals surface area (Å²) in [6, 6.07) is 4.97. The largest absolute Gasteiger partial charge is 0.371 e. The molecular formula is C19H23N5O3. The number of aromatic nitrogens is 2. The van der Waals surface area contributed by atoms with Gasteiger partial charge in [0.25, 0.3) is 11.5 Å². The monoisotopic (exact) mass is 369 g/mol. The van der Waals surface area contributed by atoms with Crippen LogP contribution in [0.4, 0.5) is 5.69 Å². The van der Waals surface area contributed by atoms with Crippen LogP contribution in [0.2, 0.25) is 0 Å². The lowest BCUT2D eigenvalue weighted by Crippen LogP contribution is -2.45. The summed E-state index contributed by atoms with van der Waals surface area (Å²) in [5.41, 5.74) is 6.36. The van der Waals surface area contributed by atoms with Crippen LogP contribution in [0.3, 0.4) is 0 Å². The number of piperidine rings is 2. The van der Waals surface area contributed by atoms with Crippen molar-refractivity contribution in [1.29, 1.82) is 0 Å². The fraction of sp³-hybridized carbons (Fsp3) is 0.474. The van der Waals surface area contributed by atoms with E-state index >= 15 is 0 Å². The minimum absolute atomic E-state index is 0.205. The molecule has 2 fully saturated rings. The highest BCUT2D eigenvalue weighted by atomic mass is 16.2. The van der Waals surface area contributed by atoms with Crippen molar-refractivity contribution in [3.05, 3.63) is 34.7 Å². The van der Waals surface area contributed by atoms with E-state index in [1.807, 2.05) is 18.2 Å². The minimum atomic E-state index is -0.754. The molecule has 8 nitrogen and oxygen atoms in total. The van der Waals surface area contributed by atoms with Crippen LogP contribution in [0.5, 0.6) is 0 Å². The van der Waals surface area contributed by atoms with E-state index in [1.165, 1.54) is 4.68 Å². The van der Waals surface area contributed by atoms with Crippen molar-refractivity contribution in [3.8, 4) is 0 Å². The number of carbonyl (C=O) groups is 2. The maximum Gasteiger partial charge on any atom is 0.277 e. The Hall–Kier alpha value is -2.74. The summed E-state index contributed by atoms with van der Waals surface area (Å²) < 4.78 is 1.22. The predicted octanol–water partition coefficient (Wildman–Crippen LogP) is 0.549. The molecule has 0 spiro atoms. The second kappa shape index (κ2) is 7.11. The van der Waals surface area contributed by atoms with E-state index in [1.54, 1.807) is 6.20 Å². The van der Waals surface area contributed by atoms with Crippen molar-refractivity contribution >= 4 is 28.3 Å². The molecule has 142 valence electrons. The molecule has 1 aromatic carbocycles. The fourth-order valence-electron chi connectivity index (χ4n) is 4.00. The van der Waals surface area contributed by atoms with Gasteiger partial charge in [0.05, 0.1) is 17.3 Å². The quantitative estimate of drug-likeness (QED) is 0.765. The molecule has 3 heterocycles. The summed E-state index contributed by atoms with van der Waals surface area (Å²) in [6.45, 7) is 2.39. The standard InChI is InChI=1S/C19H23N5O3/c20-10-12-6-8-23(9-7-12)14-3-1-2-13-11-21-24(19(27)17(13)14)15-4-5-16(25)22-18(15)26/h1-3,11-12,15H,4-10,20H2,(H,22,25,26). The third-order valence-electron chi connectivity index (χ3n) is 5.61. The number of nitrogens with one attached hydrogen (secondary N) is 1. The van der Waals surface area contributed by atoms with Crippen molar-refractivity contribution in [2.75, 3.05) is 24.5 Å². The van der Waals surface area contributed by atoms with Gasteiger partial charge in [-0.1, -0.05) is 12.1 Å². The van der Waals surface area contributed by atoms with Crippen molar-refractivity contribution in [2.24, 2.45) is 11.7 Å². The summed E-state index contributed by atoms with van der Waals surface area (Å²) in [7, 11) is 0. The zero-order valence-corrected chi connectivity index (χ0v) is 15.1. The second-order valence-corrected chi connectivity index (χ2v) is 7.27. The molecule has 2 amide bonds. The van der Waals surface area contributed by atoms with Crippen LogP contribution in [0.15, 0.2) is 29.2 Å². The summed E-state index contributed by atoms with van der Waals surface area (Å²) in [4.78, 5) is 39.0. The van der Waals surface area contributed by atoms with E-state index in [-0.39, 0.29) is 24.3 Å². The molecular weight excluding hydrogens is 346 g/mol. The van der Waals surface area contributed by atoms with Gasteiger partial charge in [0.1, 0.15) is 6.04 Å². The lowest BCUT2D eigenvalue weighted by molar-refractivity contribution is -0.136. The molecule has 2 aromatic rings. The Morgan fingerprint density at radius 3 is 2.63 bits per heavy atom. The Labute approximate surface area is 156 Å². The van der Waals surface area contributed by atoms with Gasteiger partial charge in [0.15, 0.2) is 0 Å². The van der Waals surface area contributed by atoms with Crippen molar-refractivity contribution in [1.82, 2.24) is 15.1 Å². The van der Waals surface area contributed by atoms with Gasteiger partial charge in [-0.15, -0.1) is 0 Å². The Morgan fingerprint density at radius 2 is 1.93 bits per heavy atom. The number of hydrogen-bond acceptors (Lipinski definition) is 6. The molecule has 2 aliphatic rings. The Morgan fingerprint density at radius 1 is 1.15 bits per heavy atom. The lowest BCUT2D eigenvalue weighted by atomic mass is 9.96. The molecule has 0 bridgehead atoms. The van der Waals surface area contributed by atoms with Crippen LogP contribution in [-0.4, -0.2) is 41.2 Å². The number of fused-ring (bicyclic) bond motifs is 1. The van der Waals surface area contributed by atoms with Gasteiger partial charge in [-0.25, -0.2) is 4.68 Å². The molecule has 0 saturated carbocycles. The maximum absolute atomic E-state index is 13.2. The number of carbonyl (C=O) groups excluding carboxylic acids is 2. The van der Waals surface area contributed by atoms with Crippen LogP contribution >= 0.6 is 0 Å². The van der Waals surface area contributed by atoms with Gasteiger partial charge in [-0.05, 0) is 37.8 Å². The van der Waals surface area contributed by atoms with Crippen LogP contribution in [0.25, 0.3) is 10.8 Å². The summed E-state index contributed by atoms with van der Waals surface area (Å²) in [5, 5.41) is 7.83. The zero-order valence-electron chi connectivity index (χ0n) is 15.1. The number of benzene rings is 1. The smallest absolute Gasteiger partial charge is 0.277 e. The number of nitrogens with two attached hydrogens (primary N) is 1. The number of amides is 2. The highest BCUT2D eigenvalue weighted by Crippen LogP contribution is 2.28. The first kappa shape index (κ1) is 17.7. The number of imide groups is 1. The fourth-order valence-corrected chi connectivity index (χ4v) is 4.00. The normalized spacial score (nSPS) is 21.5. The van der Waals surface area contributed by atoms with E-state index in [0.29, 0.717) is 17.8 Å². The number of anilines is 1. The maximum atomic E-state index is 13.2. The van der Waals surface area contributed by atoms with E-state index < -0.39 is 11.9 Å². The third-order valence-corrected chi connectivity index (χ3v) is 5.61. The molecule has 0 aliphatic carbocycles. The summed E-state index contributed by atoms with van der Waals surface area (Å²) >= 11 is 0. The van der Waals surface area contributed by atoms with Gasteiger partial charge in [0, 0.05) is 24.9 Å². The van der Waals surface area contributed by atoms with Crippen LogP contribution in [0, 0.1) is 5.92 Å². The van der Waals surface area contributed by atoms with Crippen molar-refractivity contribution < 1.29 is 9.59 Å². The highest BCUT2D eigenvalue weighted by Gasteiger charge is 2.30. The molecule has 27 heavy (non-hydrogen) atoms. The van der Waals surface area contributed by atoms with Crippen LogP contribution in [0.1, 0.15) is 31.7 Å². The molecule has 1 unspecified atom stereocenters. The highest BCUT2D eigenvalue weighted by molar-refractivity contribution is 5.99. The van der Waals surface area contributed by atoms with Gasteiger partial charge in [0.2, 0.25) is 5.91 Å². The Kier molecular flexibility index (Phi) is 4.65. The number of hydrogen-bond donors (Lipinski definition) is 2. The van der Waals surface area contributed by atoms with E-state index in [0.717, 1.165) is 37.0 Å². The Bertz CT molecular complexity index is 946. The average molecular weight is 369 g/mol. The molecule has 2 saturated heterocycles. The number of rotatable bonds is 3. The van der Waals surface area contributed by atoms with Crippen LogP contribution in [-0.2, 0) is 9.59 Å². The molecule has 1 atom stereocenters. The zero-order chi connectivity index (χ0) is 19.0. The SMILES string of the molecule is NCC1CCN(c2cccc3cnn(C4CCC(=O)NC4=O)c(=O)c23)CC1. The molecule has 1 aromatic heterocycles. The van der Waals surface area contributed by atoms with Gasteiger partial charge >= 0.3 is 0 Å². The third kappa shape index (κ3) is 3.21. The molecule has 4 rings (SSSR count). The van der Waals surface area contributed by atoms with E-state index in [4.69, 9.17) is 5.73 Å². The van der Waals surface area contributed by atoms with Gasteiger partial charge in [-0.2, -0.15) is 5.10 Å². The molecule has 2 aliphatic heterocycles. The predicted molar refractivity (Wildman–Crippen MR) is 101 cm³/mol. The summed E-state index contributed by atoms with van der Waals surface area (Å²) in [6.07, 6.45) is 4.11.